The number of nitrogens with zero attached hydrogens (tertiary/aromatic N) is 3. The molecule has 2 aromatic rings. The topological polar surface area (TPSA) is 129 Å². The van der Waals surface area contributed by atoms with E-state index in [9.17, 15) is 40.7 Å². The summed E-state index contributed by atoms with van der Waals surface area (Å²) >= 11 is 0. The summed E-state index contributed by atoms with van der Waals surface area (Å²) in [5.74, 6) is -2.23. The zero-order valence-electron chi connectivity index (χ0n) is 31.2. The molecule has 260 valence electrons. The highest BCUT2D eigenvalue weighted by molar-refractivity contribution is 7.92. The molecule has 0 saturated carbocycles. The molecular weight excluding hydrogens is 656 g/mol. The van der Waals surface area contributed by atoms with Crippen molar-refractivity contribution in [2.75, 3.05) is 39.4 Å². The number of benzene rings is 2. The molecule has 2 N–H and O–H groups in total. The average molecular weight is 700 g/mol. The summed E-state index contributed by atoms with van der Waals surface area (Å²) in [5.41, 5.74) is -2.40. The van der Waals surface area contributed by atoms with Crippen LogP contribution in [0.25, 0.3) is 6.08 Å². The molecule has 0 aliphatic carbocycles. The lowest BCUT2D eigenvalue weighted by atomic mass is 9.89. The molecule has 3 heterocycles. The van der Waals surface area contributed by atoms with Gasteiger partial charge < -0.3 is 20.1 Å². The Morgan fingerprint density at radius 1 is 1.12 bits per heavy atom. The van der Waals surface area contributed by atoms with Gasteiger partial charge in [0.25, 0.3) is 11.8 Å². The Labute approximate surface area is 283 Å². The van der Waals surface area contributed by atoms with Gasteiger partial charge in [0.05, 0.1) is 20.5 Å². The number of amidine groups is 1. The zero-order valence-corrected chi connectivity index (χ0v) is 27.0. The number of halogens is 4. The number of aliphatic hydroxyl groups is 1. The predicted molar refractivity (Wildman–Crippen MR) is 171 cm³/mol. The number of carbonyl (C=O) groups excluding carboxylic acids is 2. The van der Waals surface area contributed by atoms with Crippen LogP contribution in [0.1, 0.15) is 77.6 Å². The maximum absolute atomic E-state index is 14.0. The molecule has 48 heavy (non-hydrogen) atoms. The summed E-state index contributed by atoms with van der Waals surface area (Å²) in [6.07, 6.45) is -3.62. The number of sulfonamides is 1. The average Bonchev–Trinajstić information content (AvgIpc) is 3.38. The van der Waals surface area contributed by atoms with Crippen molar-refractivity contribution in [3.8, 4) is 5.75 Å². The molecule has 3 aliphatic heterocycles. The minimum Gasteiger partial charge on any atom is -0.493 e. The van der Waals surface area contributed by atoms with E-state index in [1.54, 1.807) is 26.0 Å². The minimum atomic E-state index is -5.10. The first-order chi connectivity index (χ1) is 24.4. The lowest BCUT2D eigenvalue weighted by Gasteiger charge is -2.36. The van der Waals surface area contributed by atoms with Gasteiger partial charge >= 0.3 is 6.18 Å². The van der Waals surface area contributed by atoms with Gasteiger partial charge in [0, 0.05) is 46.8 Å². The van der Waals surface area contributed by atoms with Crippen LogP contribution >= 0.6 is 0 Å². The largest absolute Gasteiger partial charge is 0.493 e. The maximum atomic E-state index is 14.0. The molecule has 2 fully saturated rings. The molecule has 2 saturated heterocycles. The number of aliphatic imine (C=N–C) groups is 1. The molecule has 3 aliphatic rings. The number of hydrogen-bond donors (Lipinski definition) is 2. The minimum absolute atomic E-state index is 0.0877. The molecule has 1 spiro atoms. The first kappa shape index (κ1) is 29.1. The summed E-state index contributed by atoms with van der Waals surface area (Å²) < 4.78 is 124. The fourth-order valence-corrected chi connectivity index (χ4v) is 7.36. The van der Waals surface area contributed by atoms with E-state index in [4.69, 9.17) is 6.85 Å². The Hall–Kier alpha value is -3.82. The highest BCUT2D eigenvalue weighted by Crippen LogP contribution is 2.38. The smallest absolute Gasteiger partial charge is 0.419 e. The number of ether oxygens (including phenoxy) is 1. The van der Waals surface area contributed by atoms with Crippen molar-refractivity contribution in [3.05, 3.63) is 69.1 Å². The van der Waals surface area contributed by atoms with E-state index >= 15 is 0 Å². The van der Waals surface area contributed by atoms with E-state index in [1.165, 1.54) is 11.0 Å². The van der Waals surface area contributed by atoms with E-state index in [0.717, 1.165) is 21.8 Å². The summed E-state index contributed by atoms with van der Waals surface area (Å²) in [4.78, 5) is 32.2. The van der Waals surface area contributed by atoms with Gasteiger partial charge in [-0.05, 0) is 99.5 Å². The highest BCUT2D eigenvalue weighted by atomic mass is 32.2. The summed E-state index contributed by atoms with van der Waals surface area (Å²) in [7, 11) is -4.02. The van der Waals surface area contributed by atoms with Crippen LogP contribution < -0.4 is 10.1 Å². The normalized spacial score (nSPS) is 22.0. The number of hydrogen-bond acceptors (Lipinski definition) is 7. The van der Waals surface area contributed by atoms with Crippen LogP contribution in [0.3, 0.4) is 0 Å². The summed E-state index contributed by atoms with van der Waals surface area (Å²) in [6.45, 7) is -4.15. The lowest BCUT2D eigenvalue weighted by molar-refractivity contribution is -0.139. The number of nitrogens with one attached hydrogen (secondary N) is 1. The molecule has 15 heteroatoms. The molecule has 5 rings (SSSR count). The second kappa shape index (κ2) is 13.2. The van der Waals surface area contributed by atoms with E-state index in [1.807, 2.05) is 0 Å². The molecule has 10 nitrogen and oxygen atoms in total. The molecule has 2 aromatic carbocycles. The van der Waals surface area contributed by atoms with Gasteiger partial charge in [-0.3, -0.25) is 14.6 Å². The third kappa shape index (κ3) is 7.13. The number of piperidine rings is 2. The number of alkyl halides is 4. The van der Waals surface area contributed by atoms with Gasteiger partial charge in [0.2, 0.25) is 10.0 Å². The van der Waals surface area contributed by atoms with Crippen molar-refractivity contribution in [2.24, 2.45) is 4.99 Å². The Bertz CT molecular complexity index is 1930. The molecule has 0 unspecified atom stereocenters. The SMILES string of the molecule is [2H]C([2H])([2H])C([2H])([2H])Oc1ccc(C2=NC3(CCN(S(=O)(=O)/C=C/c4c(C)cc(C(=O)N5CCC(O)(CF)CC5)cc4C)CC3)C(=O)N2)cc1C(F)(F)F. The van der Waals surface area contributed by atoms with E-state index in [-0.39, 0.29) is 69.2 Å². The highest BCUT2D eigenvalue weighted by Gasteiger charge is 2.47. The Morgan fingerprint density at radius 3 is 2.35 bits per heavy atom. The molecule has 0 radical (unpaired) electrons. The molecule has 0 bridgehead atoms. The number of amides is 2. The fourth-order valence-electron chi connectivity index (χ4n) is 6.19. The third-order valence-electron chi connectivity index (χ3n) is 9.09. The summed E-state index contributed by atoms with van der Waals surface area (Å²) in [6, 6.07) is 5.62. The maximum Gasteiger partial charge on any atom is 0.419 e. The van der Waals surface area contributed by atoms with Crippen molar-refractivity contribution in [3.63, 3.8) is 0 Å². The van der Waals surface area contributed by atoms with Crippen LogP contribution in [0.5, 0.6) is 5.75 Å². The second-order valence-electron chi connectivity index (χ2n) is 12.3. The zero-order chi connectivity index (χ0) is 39.4. The Balaban J connectivity index is 1.28. The predicted octanol–water partition coefficient (Wildman–Crippen LogP) is 4.37. The van der Waals surface area contributed by atoms with Crippen molar-refractivity contribution < 1.29 is 52.3 Å². The standard InChI is InChI=1S/C33H38F4N4O6S/c1-4-47-27-6-5-23(19-26(27)33(35,36)37)28-38-30(43)32(39-28)10-14-41(15-11-32)48(45,46)16-7-25-21(2)17-24(18-22(25)3)29(42)40-12-8-31(44,20-34)9-13-40/h5-7,16-19,44H,4,8-15,20H2,1-3H3,(H,38,39,43)/b16-7+/i1D3,4D2. The van der Waals surface area contributed by atoms with Gasteiger partial charge in [-0.15, -0.1) is 0 Å². The monoisotopic (exact) mass is 699 g/mol. The number of rotatable bonds is 8. The van der Waals surface area contributed by atoms with Gasteiger partial charge in [0.15, 0.2) is 0 Å². The number of likely N-dealkylation sites (tertiary alicyclic amines) is 1. The first-order valence-electron chi connectivity index (χ1n) is 17.6. The van der Waals surface area contributed by atoms with Crippen LogP contribution in [0, 0.1) is 13.8 Å². The van der Waals surface area contributed by atoms with Crippen LogP contribution in [0.15, 0.2) is 40.7 Å². The van der Waals surface area contributed by atoms with Crippen molar-refractivity contribution in [1.29, 1.82) is 0 Å². The van der Waals surface area contributed by atoms with Crippen molar-refractivity contribution in [1.82, 2.24) is 14.5 Å². The molecular formula is C33H38F4N4O6S. The number of carbonyl (C=O) groups is 2. The molecule has 0 atom stereocenters. The van der Waals surface area contributed by atoms with Gasteiger partial charge in [-0.1, -0.05) is 0 Å². The lowest BCUT2D eigenvalue weighted by Crippen LogP contribution is -2.50. The Kier molecular flexibility index (Phi) is 8.03. The van der Waals surface area contributed by atoms with Crippen LogP contribution in [0.4, 0.5) is 17.6 Å². The van der Waals surface area contributed by atoms with Crippen LogP contribution in [-0.2, 0) is 21.0 Å². The van der Waals surface area contributed by atoms with E-state index in [2.05, 4.69) is 15.0 Å². The summed E-state index contributed by atoms with van der Waals surface area (Å²) in [5, 5.41) is 13.6. The van der Waals surface area contributed by atoms with Crippen LogP contribution in [-0.4, -0.2) is 90.9 Å². The quantitative estimate of drug-likeness (QED) is 0.394. The van der Waals surface area contributed by atoms with E-state index < -0.39 is 64.6 Å². The van der Waals surface area contributed by atoms with Crippen molar-refractivity contribution >= 4 is 33.7 Å². The van der Waals surface area contributed by atoms with Gasteiger partial charge in [-0.25, -0.2) is 12.8 Å². The van der Waals surface area contributed by atoms with Gasteiger partial charge in [0.1, 0.15) is 23.8 Å². The second-order valence-corrected chi connectivity index (χ2v) is 14.1. The molecule has 2 amide bonds. The van der Waals surface area contributed by atoms with Crippen molar-refractivity contribution in [2.45, 2.75) is 63.7 Å². The van der Waals surface area contributed by atoms with E-state index in [0.29, 0.717) is 28.3 Å². The Morgan fingerprint density at radius 2 is 1.77 bits per heavy atom. The van der Waals surface area contributed by atoms with Gasteiger partial charge in [-0.2, -0.15) is 17.5 Å². The first-order valence-corrected chi connectivity index (χ1v) is 16.6. The third-order valence-corrected chi connectivity index (χ3v) is 10.7. The number of aryl methyl sites for hydroxylation is 2. The molecule has 0 aromatic heterocycles. The fraction of sp³-hybridized carbons (Fsp3) is 0.485. The van der Waals surface area contributed by atoms with Crippen LogP contribution in [0.2, 0.25) is 0 Å².